The van der Waals surface area contributed by atoms with Gasteiger partial charge in [0.25, 0.3) is 5.56 Å². The van der Waals surface area contributed by atoms with Crippen molar-refractivity contribution in [1.29, 1.82) is 0 Å². The number of sulfonamides is 1. The van der Waals surface area contributed by atoms with Gasteiger partial charge in [0.2, 0.25) is 10.0 Å². The predicted molar refractivity (Wildman–Crippen MR) is 90.8 cm³/mol. The normalized spacial score (nSPS) is 20.2. The summed E-state index contributed by atoms with van der Waals surface area (Å²) in [5, 5.41) is 0. The van der Waals surface area contributed by atoms with Crippen LogP contribution in [0.5, 0.6) is 0 Å². The molecule has 0 radical (unpaired) electrons. The maximum absolute atomic E-state index is 12.7. The molecule has 25 heavy (non-hydrogen) atoms. The fourth-order valence-electron chi connectivity index (χ4n) is 2.82. The highest BCUT2D eigenvalue weighted by molar-refractivity contribution is 7.89. The van der Waals surface area contributed by atoms with E-state index < -0.39 is 26.2 Å². The summed E-state index contributed by atoms with van der Waals surface area (Å²) >= 11 is 0. The Morgan fingerprint density at radius 3 is 2.52 bits per heavy atom. The molecule has 0 N–H and O–H groups in total. The molecule has 0 amide bonds. The number of rotatable bonds is 5. The summed E-state index contributed by atoms with van der Waals surface area (Å²) in [6.45, 7) is 2.15. The monoisotopic (exact) mass is 367 g/mol. The average Bonchev–Trinajstić information content (AvgIpc) is 3.10. The minimum Gasteiger partial charge on any atom is -0.464 e. The summed E-state index contributed by atoms with van der Waals surface area (Å²) in [6.07, 6.45) is 2.13. The number of hydrogen-bond acceptors (Lipinski definition) is 5. The second-order valence-corrected chi connectivity index (χ2v) is 8.65. The highest BCUT2D eigenvalue weighted by atomic mass is 32.2. The van der Waals surface area contributed by atoms with Crippen molar-refractivity contribution in [2.75, 3.05) is 7.05 Å². The third kappa shape index (κ3) is 3.09. The van der Waals surface area contributed by atoms with E-state index >= 15 is 0 Å². The number of furan rings is 1. The standard InChI is InChI=1S/C16H21N3O5S/c1-10-7-12(10)13-6-5-11(24-13)8-18(3)25(22,23)14-9-17(2)16(21)19(4)15(14)20/h5-6,9-10,12H,7-8H2,1-4H3. The van der Waals surface area contributed by atoms with Crippen molar-refractivity contribution >= 4 is 10.0 Å². The van der Waals surface area contributed by atoms with Gasteiger partial charge < -0.3 is 8.98 Å². The molecule has 0 bridgehead atoms. The molecule has 0 saturated heterocycles. The van der Waals surface area contributed by atoms with Crippen LogP contribution < -0.4 is 11.2 Å². The summed E-state index contributed by atoms with van der Waals surface area (Å²) in [5.74, 6) is 2.38. The smallest absolute Gasteiger partial charge is 0.330 e. The third-order valence-corrected chi connectivity index (χ3v) is 6.42. The molecule has 3 rings (SSSR count). The minimum absolute atomic E-state index is 0.00935. The Hall–Kier alpha value is -2.13. The molecule has 1 fully saturated rings. The van der Waals surface area contributed by atoms with Crippen LogP contribution >= 0.6 is 0 Å². The lowest BCUT2D eigenvalue weighted by atomic mass is 10.3. The van der Waals surface area contributed by atoms with Crippen molar-refractivity contribution < 1.29 is 12.8 Å². The average molecular weight is 367 g/mol. The van der Waals surface area contributed by atoms with E-state index in [1.165, 1.54) is 21.1 Å². The maximum Gasteiger partial charge on any atom is 0.330 e. The molecule has 1 aliphatic rings. The van der Waals surface area contributed by atoms with Crippen molar-refractivity contribution in [3.05, 3.63) is 50.7 Å². The van der Waals surface area contributed by atoms with Gasteiger partial charge >= 0.3 is 5.69 Å². The Kier molecular flexibility index (Phi) is 4.24. The zero-order valence-electron chi connectivity index (χ0n) is 14.6. The second-order valence-electron chi connectivity index (χ2n) is 6.64. The van der Waals surface area contributed by atoms with Crippen LogP contribution in [0.15, 0.2) is 37.2 Å². The van der Waals surface area contributed by atoms with Gasteiger partial charge in [0, 0.05) is 33.3 Å². The molecular formula is C16H21N3O5S. The van der Waals surface area contributed by atoms with Gasteiger partial charge in [0.05, 0.1) is 6.54 Å². The van der Waals surface area contributed by atoms with Crippen LogP contribution in [0, 0.1) is 5.92 Å². The Morgan fingerprint density at radius 1 is 1.28 bits per heavy atom. The highest BCUT2D eigenvalue weighted by Crippen LogP contribution is 2.47. The second kappa shape index (κ2) is 5.99. The number of nitrogens with zero attached hydrogens (tertiary/aromatic N) is 3. The Balaban J connectivity index is 1.88. The first-order valence-electron chi connectivity index (χ1n) is 7.94. The summed E-state index contributed by atoms with van der Waals surface area (Å²) in [5.41, 5.74) is -1.43. The maximum atomic E-state index is 12.7. The predicted octanol–water partition coefficient (Wildman–Crippen LogP) is 0.621. The van der Waals surface area contributed by atoms with E-state index in [1.807, 2.05) is 6.07 Å². The first-order valence-corrected chi connectivity index (χ1v) is 9.38. The number of aryl methyl sites for hydroxylation is 1. The van der Waals surface area contributed by atoms with Crippen LogP contribution in [0.2, 0.25) is 0 Å². The molecule has 0 aromatic carbocycles. The first kappa shape index (κ1) is 17.7. The van der Waals surface area contributed by atoms with Crippen LogP contribution in [0.1, 0.15) is 30.8 Å². The van der Waals surface area contributed by atoms with Crippen molar-refractivity contribution in [3.8, 4) is 0 Å². The van der Waals surface area contributed by atoms with E-state index in [0.29, 0.717) is 17.6 Å². The summed E-state index contributed by atoms with van der Waals surface area (Å²) in [4.78, 5) is 23.5. The molecule has 2 atom stereocenters. The molecule has 1 aliphatic carbocycles. The molecule has 8 nitrogen and oxygen atoms in total. The topological polar surface area (TPSA) is 94.5 Å². The molecule has 9 heteroatoms. The van der Waals surface area contributed by atoms with Crippen molar-refractivity contribution in [1.82, 2.24) is 13.4 Å². The lowest BCUT2D eigenvalue weighted by molar-refractivity contribution is 0.388. The first-order chi connectivity index (χ1) is 11.6. The van der Waals surface area contributed by atoms with E-state index in [0.717, 1.165) is 31.8 Å². The van der Waals surface area contributed by atoms with E-state index in [9.17, 15) is 18.0 Å². The largest absolute Gasteiger partial charge is 0.464 e. The van der Waals surface area contributed by atoms with E-state index in [2.05, 4.69) is 6.92 Å². The van der Waals surface area contributed by atoms with Crippen LogP contribution in [0.25, 0.3) is 0 Å². The summed E-state index contributed by atoms with van der Waals surface area (Å²) in [7, 11) is -0.0301. The van der Waals surface area contributed by atoms with Crippen molar-refractivity contribution in [2.24, 2.45) is 20.0 Å². The Bertz CT molecular complexity index is 1030. The van der Waals surface area contributed by atoms with E-state index in [4.69, 9.17) is 4.42 Å². The molecule has 1 saturated carbocycles. The Morgan fingerprint density at radius 2 is 1.92 bits per heavy atom. The van der Waals surface area contributed by atoms with Gasteiger partial charge in [-0.2, -0.15) is 4.31 Å². The van der Waals surface area contributed by atoms with Crippen LogP contribution in [0.4, 0.5) is 0 Å². The van der Waals surface area contributed by atoms with Crippen LogP contribution in [-0.4, -0.2) is 28.9 Å². The van der Waals surface area contributed by atoms with Crippen LogP contribution in [-0.2, 0) is 30.7 Å². The zero-order valence-corrected chi connectivity index (χ0v) is 15.4. The molecule has 2 heterocycles. The van der Waals surface area contributed by atoms with E-state index in [1.54, 1.807) is 6.07 Å². The zero-order chi connectivity index (χ0) is 18.5. The molecule has 2 aromatic rings. The Labute approximate surface area is 145 Å². The SMILES string of the molecule is CC1CC1c1ccc(CN(C)S(=O)(=O)c2cn(C)c(=O)n(C)c2=O)o1. The van der Waals surface area contributed by atoms with Gasteiger partial charge in [-0.25, -0.2) is 13.2 Å². The number of aromatic nitrogens is 2. The van der Waals surface area contributed by atoms with Crippen molar-refractivity contribution in [3.63, 3.8) is 0 Å². The lowest BCUT2D eigenvalue weighted by Gasteiger charge is -2.16. The van der Waals surface area contributed by atoms with Crippen LogP contribution in [0.3, 0.4) is 0 Å². The molecule has 0 aliphatic heterocycles. The quantitative estimate of drug-likeness (QED) is 0.772. The minimum atomic E-state index is -4.06. The van der Waals surface area contributed by atoms with Gasteiger partial charge in [-0.15, -0.1) is 0 Å². The molecule has 2 unspecified atom stereocenters. The number of hydrogen-bond donors (Lipinski definition) is 0. The molecule has 0 spiro atoms. The third-order valence-electron chi connectivity index (χ3n) is 4.64. The van der Waals surface area contributed by atoms with Crippen molar-refractivity contribution in [2.45, 2.75) is 30.7 Å². The molecule has 2 aromatic heterocycles. The van der Waals surface area contributed by atoms with Gasteiger partial charge in [-0.05, 0) is 24.5 Å². The van der Waals surface area contributed by atoms with Gasteiger partial charge in [0.15, 0.2) is 4.90 Å². The molecular weight excluding hydrogens is 346 g/mol. The molecule has 136 valence electrons. The highest BCUT2D eigenvalue weighted by Gasteiger charge is 2.37. The van der Waals surface area contributed by atoms with Gasteiger partial charge in [0.1, 0.15) is 11.5 Å². The summed E-state index contributed by atoms with van der Waals surface area (Å²) in [6, 6.07) is 3.63. The van der Waals surface area contributed by atoms with E-state index in [-0.39, 0.29) is 6.54 Å². The fraction of sp³-hybridized carbons (Fsp3) is 0.500. The lowest BCUT2D eigenvalue weighted by Crippen LogP contribution is -2.41. The van der Waals surface area contributed by atoms with Gasteiger partial charge in [-0.1, -0.05) is 6.92 Å². The van der Waals surface area contributed by atoms with Gasteiger partial charge in [-0.3, -0.25) is 9.36 Å². The summed E-state index contributed by atoms with van der Waals surface area (Å²) < 4.78 is 34.1. The fourth-order valence-corrected chi connectivity index (χ4v) is 4.10.